The molecule has 3 aromatic rings. The largest absolute Gasteiger partial charge is 0.872 e. The number of para-hydroxylation sites is 1. The normalized spacial score (nSPS) is 11.0. The van der Waals surface area contributed by atoms with Crippen molar-refractivity contribution in [3.63, 3.8) is 0 Å². The topological polar surface area (TPSA) is 58.0 Å². The first-order valence-corrected chi connectivity index (χ1v) is 7.49. The summed E-state index contributed by atoms with van der Waals surface area (Å²) in [7, 11) is 0. The van der Waals surface area contributed by atoms with Gasteiger partial charge in [-0.2, -0.15) is 0 Å². The van der Waals surface area contributed by atoms with E-state index in [9.17, 15) is 9.90 Å². The van der Waals surface area contributed by atoms with Gasteiger partial charge < -0.3 is 5.11 Å². The maximum Gasteiger partial charge on any atom is 0.259 e. The molecule has 4 nitrogen and oxygen atoms in total. The lowest BCUT2D eigenvalue weighted by Gasteiger charge is -2.19. The van der Waals surface area contributed by atoms with Gasteiger partial charge >= 0.3 is 0 Å². The van der Waals surface area contributed by atoms with Crippen LogP contribution in [0.4, 0.5) is 0 Å². The quantitative estimate of drug-likeness (QED) is 0.743. The van der Waals surface area contributed by atoms with Crippen LogP contribution >= 0.6 is 0 Å². The first-order chi connectivity index (χ1) is 10.7. The fourth-order valence-electron chi connectivity index (χ4n) is 2.63. The number of unbranched alkanes of at least 4 members (excludes halogenated alkanes) is 1. The van der Waals surface area contributed by atoms with Crippen LogP contribution in [0.25, 0.3) is 16.7 Å². The van der Waals surface area contributed by atoms with E-state index in [4.69, 9.17) is 0 Å². The number of hydrogen-bond acceptors (Lipinski definition) is 3. The number of aromatic nitrogens is 2. The molecule has 0 saturated heterocycles. The summed E-state index contributed by atoms with van der Waals surface area (Å²) < 4.78 is 1.54. The average molecular weight is 293 g/mol. The Morgan fingerprint density at radius 3 is 2.64 bits per heavy atom. The maximum atomic E-state index is 12.8. The fourth-order valence-corrected chi connectivity index (χ4v) is 2.63. The van der Waals surface area contributed by atoms with E-state index in [-0.39, 0.29) is 11.3 Å². The summed E-state index contributed by atoms with van der Waals surface area (Å²) in [5, 5.41) is 13.1. The highest BCUT2D eigenvalue weighted by Crippen LogP contribution is 2.25. The van der Waals surface area contributed by atoms with Crippen LogP contribution in [0.1, 0.15) is 25.3 Å². The second-order valence-corrected chi connectivity index (χ2v) is 5.26. The lowest BCUT2D eigenvalue weighted by molar-refractivity contribution is -0.267. The minimum Gasteiger partial charge on any atom is -0.872 e. The first-order valence-electron chi connectivity index (χ1n) is 7.49. The summed E-state index contributed by atoms with van der Waals surface area (Å²) in [6.45, 7) is 2.04. The van der Waals surface area contributed by atoms with Crippen LogP contribution in [0.15, 0.2) is 53.5 Å². The molecule has 0 atom stereocenters. The van der Waals surface area contributed by atoms with Crippen molar-refractivity contribution in [2.75, 3.05) is 0 Å². The molecule has 2 aromatic heterocycles. The Morgan fingerprint density at radius 1 is 1.14 bits per heavy atom. The van der Waals surface area contributed by atoms with Gasteiger partial charge in [-0.3, -0.25) is 9.36 Å². The number of hydrogen-bond donors (Lipinski definition) is 0. The molecule has 0 radical (unpaired) electrons. The monoisotopic (exact) mass is 293 g/mol. The van der Waals surface area contributed by atoms with Crippen LogP contribution in [0, 0.1) is 0 Å². The number of pyridine rings is 2. The van der Waals surface area contributed by atoms with Crippen molar-refractivity contribution in [3.05, 3.63) is 64.6 Å². The summed E-state index contributed by atoms with van der Waals surface area (Å²) in [6, 6.07) is 12.8. The van der Waals surface area contributed by atoms with Gasteiger partial charge in [0, 0.05) is 17.1 Å². The Labute approximate surface area is 128 Å². The molecule has 4 heteroatoms. The summed E-state index contributed by atoms with van der Waals surface area (Å²) in [5.41, 5.74) is 1.25. The van der Waals surface area contributed by atoms with E-state index in [1.807, 2.05) is 37.3 Å². The zero-order valence-corrected chi connectivity index (χ0v) is 12.5. The van der Waals surface area contributed by atoms with Crippen molar-refractivity contribution in [3.8, 4) is 11.4 Å². The van der Waals surface area contributed by atoms with Gasteiger partial charge in [-0.05, 0) is 31.0 Å². The lowest BCUT2D eigenvalue weighted by atomic mass is 10.1. The third-order valence-electron chi connectivity index (χ3n) is 3.77. The summed E-state index contributed by atoms with van der Waals surface area (Å²) in [4.78, 5) is 17.1. The van der Waals surface area contributed by atoms with E-state index < -0.39 is 0 Å². The van der Waals surface area contributed by atoms with Crippen molar-refractivity contribution in [2.24, 2.45) is 0 Å². The van der Waals surface area contributed by atoms with E-state index in [0.29, 0.717) is 23.0 Å². The number of rotatable bonds is 4. The van der Waals surface area contributed by atoms with Crippen molar-refractivity contribution < 1.29 is 5.11 Å². The molecular weight excluding hydrogens is 276 g/mol. The molecule has 0 unspecified atom stereocenters. The third-order valence-corrected chi connectivity index (χ3v) is 3.77. The Balaban J connectivity index is 2.37. The molecule has 0 saturated carbocycles. The van der Waals surface area contributed by atoms with Gasteiger partial charge in [0.1, 0.15) is 5.65 Å². The number of benzene rings is 1. The van der Waals surface area contributed by atoms with E-state index in [2.05, 4.69) is 4.98 Å². The summed E-state index contributed by atoms with van der Waals surface area (Å²) in [5.74, 6) is -0.186. The molecule has 0 amide bonds. The minimum atomic E-state index is -0.254. The molecule has 112 valence electrons. The van der Waals surface area contributed by atoms with E-state index in [1.165, 1.54) is 0 Å². The zero-order chi connectivity index (χ0) is 15.5. The van der Waals surface area contributed by atoms with E-state index in [0.717, 1.165) is 18.5 Å². The van der Waals surface area contributed by atoms with Gasteiger partial charge in [0.2, 0.25) is 0 Å². The van der Waals surface area contributed by atoms with Crippen molar-refractivity contribution in [1.82, 2.24) is 9.55 Å². The summed E-state index contributed by atoms with van der Waals surface area (Å²) >= 11 is 0. The lowest BCUT2D eigenvalue weighted by Crippen LogP contribution is -2.25. The standard InChI is InChI=1S/C18H18N2O2/c1-2-3-10-15-16(21)14-11-7-12-19-17(14)20(18(15)22)13-8-5-4-6-9-13/h4-9,11-12,21H,2-3,10H2,1H3/p-1. The van der Waals surface area contributed by atoms with Gasteiger partial charge in [-0.25, -0.2) is 4.98 Å². The van der Waals surface area contributed by atoms with Gasteiger partial charge in [0.15, 0.2) is 0 Å². The highest BCUT2D eigenvalue weighted by atomic mass is 16.3. The van der Waals surface area contributed by atoms with E-state index >= 15 is 0 Å². The predicted molar refractivity (Wildman–Crippen MR) is 85.4 cm³/mol. The molecule has 1 aromatic carbocycles. The van der Waals surface area contributed by atoms with Gasteiger partial charge in [-0.1, -0.05) is 43.4 Å². The number of fused-ring (bicyclic) bond motifs is 1. The average Bonchev–Trinajstić information content (AvgIpc) is 2.56. The molecule has 0 aliphatic rings. The molecule has 0 aliphatic heterocycles. The minimum absolute atomic E-state index is 0.186. The Hall–Kier alpha value is -2.62. The molecular formula is C18H17N2O2-. The van der Waals surface area contributed by atoms with Gasteiger partial charge in [0.05, 0.1) is 5.69 Å². The van der Waals surface area contributed by atoms with Crippen molar-refractivity contribution in [1.29, 1.82) is 0 Å². The molecule has 0 spiro atoms. The van der Waals surface area contributed by atoms with E-state index in [1.54, 1.807) is 22.9 Å². The van der Waals surface area contributed by atoms with Crippen molar-refractivity contribution in [2.45, 2.75) is 26.2 Å². The molecule has 0 aliphatic carbocycles. The molecule has 22 heavy (non-hydrogen) atoms. The Bertz CT molecular complexity index is 854. The van der Waals surface area contributed by atoms with Crippen LogP contribution < -0.4 is 10.7 Å². The second kappa shape index (κ2) is 6.02. The SMILES string of the molecule is CCCCc1c([O-])c2cccnc2n(-c2ccccc2)c1=O. The molecule has 0 N–H and O–H groups in total. The highest BCUT2D eigenvalue weighted by molar-refractivity contribution is 5.84. The maximum absolute atomic E-state index is 12.8. The van der Waals surface area contributed by atoms with Gasteiger partial charge in [0.25, 0.3) is 5.56 Å². The Morgan fingerprint density at radius 2 is 1.91 bits per heavy atom. The third kappa shape index (κ3) is 2.37. The predicted octanol–water partition coefficient (Wildman–Crippen LogP) is 2.80. The van der Waals surface area contributed by atoms with Gasteiger partial charge in [-0.15, -0.1) is 0 Å². The highest BCUT2D eigenvalue weighted by Gasteiger charge is 2.13. The summed E-state index contributed by atoms with van der Waals surface area (Å²) in [6.07, 6.45) is 3.87. The number of nitrogens with zero attached hydrogens (tertiary/aromatic N) is 2. The van der Waals surface area contributed by atoms with Crippen molar-refractivity contribution >= 4 is 11.0 Å². The zero-order valence-electron chi connectivity index (χ0n) is 12.5. The fraction of sp³-hybridized carbons (Fsp3) is 0.222. The molecule has 2 heterocycles. The first kappa shape index (κ1) is 14.3. The van der Waals surface area contributed by atoms with Crippen LogP contribution in [0.3, 0.4) is 0 Å². The van der Waals surface area contributed by atoms with Crippen LogP contribution in [-0.4, -0.2) is 9.55 Å². The molecule has 0 bridgehead atoms. The Kier molecular flexibility index (Phi) is 3.92. The smallest absolute Gasteiger partial charge is 0.259 e. The second-order valence-electron chi connectivity index (χ2n) is 5.26. The molecule has 3 rings (SSSR count). The molecule has 0 fully saturated rings. The van der Waals surface area contributed by atoms with Crippen LogP contribution in [0.2, 0.25) is 0 Å². The van der Waals surface area contributed by atoms with Crippen LogP contribution in [-0.2, 0) is 6.42 Å². The van der Waals surface area contributed by atoms with Crippen LogP contribution in [0.5, 0.6) is 5.75 Å².